The van der Waals surface area contributed by atoms with Gasteiger partial charge in [0.1, 0.15) is 0 Å². The highest BCUT2D eigenvalue weighted by molar-refractivity contribution is 7.98. The summed E-state index contributed by atoms with van der Waals surface area (Å²) in [6.45, 7) is 1.86. The number of hydrogen-bond donors (Lipinski definition) is 1. The van der Waals surface area contributed by atoms with E-state index in [0.29, 0.717) is 36.0 Å². The number of rotatable bonds is 4. The summed E-state index contributed by atoms with van der Waals surface area (Å²) in [6.07, 6.45) is 2.67. The van der Waals surface area contributed by atoms with Crippen LogP contribution < -0.4 is 5.73 Å². The lowest BCUT2D eigenvalue weighted by atomic mass is 10.1. The van der Waals surface area contributed by atoms with Crippen LogP contribution in [-0.2, 0) is 0 Å². The number of carbonyl (C=O) groups is 1. The van der Waals surface area contributed by atoms with E-state index in [4.69, 9.17) is 5.73 Å². The zero-order valence-electron chi connectivity index (χ0n) is 11.7. The van der Waals surface area contributed by atoms with Crippen molar-refractivity contribution in [3.05, 3.63) is 33.9 Å². The van der Waals surface area contributed by atoms with Crippen LogP contribution in [0.25, 0.3) is 0 Å². The predicted molar refractivity (Wildman–Crippen MR) is 85.2 cm³/mol. The zero-order valence-corrected chi connectivity index (χ0v) is 13.3. The van der Waals surface area contributed by atoms with Crippen LogP contribution in [0.2, 0.25) is 0 Å². The minimum Gasteiger partial charge on any atom is -0.338 e. The first-order valence-corrected chi connectivity index (χ1v) is 7.61. The Morgan fingerprint density at radius 1 is 1.57 bits per heavy atom. The molecule has 1 atom stereocenters. The van der Waals surface area contributed by atoms with E-state index in [0.717, 1.165) is 6.42 Å². The average Bonchev–Trinajstić information content (AvgIpc) is 2.94. The minimum absolute atomic E-state index is 0. The van der Waals surface area contributed by atoms with Crippen molar-refractivity contribution in [2.24, 2.45) is 11.7 Å². The van der Waals surface area contributed by atoms with Gasteiger partial charge in [-0.15, -0.1) is 24.2 Å². The van der Waals surface area contributed by atoms with E-state index in [1.54, 1.807) is 23.3 Å². The van der Waals surface area contributed by atoms with Crippen molar-refractivity contribution in [2.45, 2.75) is 11.3 Å². The lowest BCUT2D eigenvalue weighted by Crippen LogP contribution is -2.29. The van der Waals surface area contributed by atoms with Crippen LogP contribution >= 0.6 is 24.2 Å². The Balaban J connectivity index is 0.00000220. The summed E-state index contributed by atoms with van der Waals surface area (Å²) in [5.41, 5.74) is 5.96. The Hall–Kier alpha value is -1.31. The molecule has 1 aromatic carbocycles. The lowest BCUT2D eigenvalue weighted by Gasteiger charge is -2.16. The molecule has 0 spiro atoms. The quantitative estimate of drug-likeness (QED) is 0.518. The summed E-state index contributed by atoms with van der Waals surface area (Å²) in [5, 5.41) is 11.0. The molecule has 1 aromatic rings. The molecule has 2 rings (SSSR count). The van der Waals surface area contributed by atoms with Crippen molar-refractivity contribution in [1.82, 2.24) is 4.90 Å². The van der Waals surface area contributed by atoms with Gasteiger partial charge >= 0.3 is 0 Å². The van der Waals surface area contributed by atoms with Crippen LogP contribution in [0.4, 0.5) is 5.69 Å². The molecule has 0 aliphatic carbocycles. The van der Waals surface area contributed by atoms with Crippen molar-refractivity contribution in [2.75, 3.05) is 25.9 Å². The molecule has 1 unspecified atom stereocenters. The van der Waals surface area contributed by atoms with Crippen LogP contribution in [0.3, 0.4) is 0 Å². The molecule has 1 amide bonds. The Morgan fingerprint density at radius 2 is 2.29 bits per heavy atom. The molecule has 1 fully saturated rings. The molecule has 2 N–H and O–H groups in total. The molecule has 0 saturated carbocycles. The summed E-state index contributed by atoms with van der Waals surface area (Å²) in [5.74, 6) is 0.177. The van der Waals surface area contributed by atoms with E-state index >= 15 is 0 Å². The molecule has 1 aliphatic heterocycles. The number of halogens is 1. The molecule has 1 heterocycles. The Morgan fingerprint density at radius 3 is 2.81 bits per heavy atom. The SMILES string of the molecule is CSc1ccc(C(=O)N2CCC(CN)C2)cc1[N+](=O)[O-].Cl. The van der Waals surface area contributed by atoms with E-state index in [1.165, 1.54) is 17.8 Å². The van der Waals surface area contributed by atoms with Gasteiger partial charge in [-0.1, -0.05) is 0 Å². The van der Waals surface area contributed by atoms with E-state index in [2.05, 4.69) is 0 Å². The van der Waals surface area contributed by atoms with Crippen molar-refractivity contribution < 1.29 is 9.72 Å². The molecule has 0 bridgehead atoms. The standard InChI is InChI=1S/C13H17N3O3S.ClH/c1-20-12-3-2-10(6-11(12)16(18)19)13(17)15-5-4-9(7-14)8-15;/h2-3,6,9H,4-5,7-8,14H2,1H3;1H. The summed E-state index contributed by atoms with van der Waals surface area (Å²) < 4.78 is 0. The maximum absolute atomic E-state index is 12.3. The molecule has 116 valence electrons. The number of nitro groups is 1. The second-order valence-electron chi connectivity index (χ2n) is 4.79. The van der Waals surface area contributed by atoms with Gasteiger partial charge in [-0.25, -0.2) is 0 Å². The Bertz CT molecular complexity index is 541. The van der Waals surface area contributed by atoms with E-state index in [9.17, 15) is 14.9 Å². The fraction of sp³-hybridized carbons (Fsp3) is 0.462. The third-order valence-electron chi connectivity index (χ3n) is 3.53. The van der Waals surface area contributed by atoms with Crippen molar-refractivity contribution in [3.8, 4) is 0 Å². The molecule has 6 nitrogen and oxygen atoms in total. The smallest absolute Gasteiger partial charge is 0.283 e. The first-order valence-electron chi connectivity index (χ1n) is 6.38. The highest BCUT2D eigenvalue weighted by Gasteiger charge is 2.27. The second-order valence-corrected chi connectivity index (χ2v) is 5.63. The van der Waals surface area contributed by atoms with Crippen LogP contribution in [0.15, 0.2) is 23.1 Å². The van der Waals surface area contributed by atoms with Gasteiger partial charge in [0.25, 0.3) is 11.6 Å². The van der Waals surface area contributed by atoms with Crippen molar-refractivity contribution in [1.29, 1.82) is 0 Å². The number of hydrogen-bond acceptors (Lipinski definition) is 5. The number of amides is 1. The van der Waals surface area contributed by atoms with Gasteiger partial charge in [0.15, 0.2) is 0 Å². The van der Waals surface area contributed by atoms with Gasteiger partial charge in [-0.2, -0.15) is 0 Å². The van der Waals surface area contributed by atoms with Gasteiger partial charge in [-0.05, 0) is 37.3 Å². The normalized spacial score (nSPS) is 17.4. The third-order valence-corrected chi connectivity index (χ3v) is 4.31. The maximum atomic E-state index is 12.3. The van der Waals surface area contributed by atoms with Gasteiger partial charge in [0, 0.05) is 24.7 Å². The maximum Gasteiger partial charge on any atom is 0.283 e. The summed E-state index contributed by atoms with van der Waals surface area (Å²) >= 11 is 1.30. The van der Waals surface area contributed by atoms with E-state index in [1.807, 2.05) is 0 Å². The molecule has 0 radical (unpaired) electrons. The van der Waals surface area contributed by atoms with Gasteiger partial charge in [0.2, 0.25) is 0 Å². The number of carbonyl (C=O) groups excluding carboxylic acids is 1. The zero-order chi connectivity index (χ0) is 14.7. The summed E-state index contributed by atoms with van der Waals surface area (Å²) in [6, 6.07) is 4.65. The van der Waals surface area contributed by atoms with Crippen LogP contribution in [-0.4, -0.2) is 41.6 Å². The molecular formula is C13H18ClN3O3S. The lowest BCUT2D eigenvalue weighted by molar-refractivity contribution is -0.387. The molecule has 8 heteroatoms. The summed E-state index contributed by atoms with van der Waals surface area (Å²) in [7, 11) is 0. The van der Waals surface area contributed by atoms with E-state index in [-0.39, 0.29) is 24.0 Å². The fourth-order valence-corrected chi connectivity index (χ4v) is 2.90. The highest BCUT2D eigenvalue weighted by Crippen LogP contribution is 2.29. The van der Waals surface area contributed by atoms with Crippen molar-refractivity contribution >= 4 is 35.8 Å². The van der Waals surface area contributed by atoms with Crippen LogP contribution in [0, 0.1) is 16.0 Å². The number of likely N-dealkylation sites (tertiary alicyclic amines) is 1. The Labute approximate surface area is 133 Å². The predicted octanol–water partition coefficient (Wildman–Crippen LogP) is 2.16. The topological polar surface area (TPSA) is 89.5 Å². The first kappa shape index (κ1) is 17.7. The highest BCUT2D eigenvalue weighted by atomic mass is 35.5. The third kappa shape index (κ3) is 3.87. The van der Waals surface area contributed by atoms with E-state index < -0.39 is 4.92 Å². The first-order chi connectivity index (χ1) is 9.56. The number of nitrogens with zero attached hydrogens (tertiary/aromatic N) is 2. The largest absolute Gasteiger partial charge is 0.338 e. The van der Waals surface area contributed by atoms with Gasteiger partial charge in [-0.3, -0.25) is 14.9 Å². The summed E-state index contributed by atoms with van der Waals surface area (Å²) in [4.78, 5) is 25.2. The number of benzene rings is 1. The molecule has 0 aromatic heterocycles. The second kappa shape index (κ2) is 7.63. The molecule has 1 aliphatic rings. The number of thioether (sulfide) groups is 1. The number of nitrogens with two attached hydrogens (primary N) is 1. The van der Waals surface area contributed by atoms with Gasteiger partial charge in [0.05, 0.1) is 9.82 Å². The minimum atomic E-state index is -0.449. The van der Waals surface area contributed by atoms with Gasteiger partial charge < -0.3 is 10.6 Å². The van der Waals surface area contributed by atoms with Crippen LogP contribution in [0.5, 0.6) is 0 Å². The fourth-order valence-electron chi connectivity index (χ4n) is 2.36. The molecule has 1 saturated heterocycles. The molecule has 21 heavy (non-hydrogen) atoms. The van der Waals surface area contributed by atoms with Crippen molar-refractivity contribution in [3.63, 3.8) is 0 Å². The molecular weight excluding hydrogens is 314 g/mol. The number of nitro benzene ring substituents is 1. The van der Waals surface area contributed by atoms with Crippen LogP contribution in [0.1, 0.15) is 16.8 Å². The Kier molecular flexibility index (Phi) is 6.44. The monoisotopic (exact) mass is 331 g/mol. The average molecular weight is 332 g/mol.